The second kappa shape index (κ2) is 12.4. The van der Waals surface area contributed by atoms with Crippen molar-refractivity contribution in [1.82, 2.24) is 20.1 Å². The van der Waals surface area contributed by atoms with Gasteiger partial charge in [-0.05, 0) is 89.3 Å². The molecule has 0 bridgehead atoms. The van der Waals surface area contributed by atoms with E-state index in [0.29, 0.717) is 11.3 Å². The number of ether oxygens (including phenoxy) is 1. The zero-order chi connectivity index (χ0) is 28.1. The summed E-state index contributed by atoms with van der Waals surface area (Å²) in [5.41, 5.74) is 5.80. The SMILES string of the molecule is Cc1nn(-c2ccccc2)c(N2CCCC2)c1/C=N\NC(=O)c1ccc(OCC(=O)N2[C@@H](C)CCC[C@@H]2C)cc1. The minimum Gasteiger partial charge on any atom is -0.484 e. The van der Waals surface area contributed by atoms with Crippen LogP contribution in [0.5, 0.6) is 5.75 Å². The molecule has 3 aromatic rings. The van der Waals surface area contributed by atoms with E-state index in [1.807, 2.05) is 46.8 Å². The Hall–Kier alpha value is -4.14. The number of aromatic nitrogens is 2. The number of rotatable bonds is 8. The minimum absolute atomic E-state index is 0.00460. The fraction of sp³-hybridized carbons (Fsp3) is 0.419. The summed E-state index contributed by atoms with van der Waals surface area (Å²) in [6.45, 7) is 8.04. The third-order valence-corrected chi connectivity index (χ3v) is 7.81. The first-order valence-electron chi connectivity index (χ1n) is 14.2. The molecule has 0 aliphatic carbocycles. The van der Waals surface area contributed by atoms with Gasteiger partial charge in [-0.1, -0.05) is 18.2 Å². The van der Waals surface area contributed by atoms with Gasteiger partial charge in [0.1, 0.15) is 11.6 Å². The van der Waals surface area contributed by atoms with E-state index in [0.717, 1.165) is 68.0 Å². The molecule has 2 aliphatic rings. The topological polar surface area (TPSA) is 92.1 Å². The van der Waals surface area contributed by atoms with Crippen LogP contribution in [0.15, 0.2) is 59.7 Å². The largest absolute Gasteiger partial charge is 0.484 e. The quantitative estimate of drug-likeness (QED) is 0.329. The van der Waals surface area contributed by atoms with E-state index < -0.39 is 0 Å². The van der Waals surface area contributed by atoms with E-state index in [2.05, 4.69) is 29.3 Å². The van der Waals surface area contributed by atoms with E-state index in [1.165, 1.54) is 0 Å². The van der Waals surface area contributed by atoms with Gasteiger partial charge >= 0.3 is 0 Å². The molecule has 2 atom stereocenters. The summed E-state index contributed by atoms with van der Waals surface area (Å²) < 4.78 is 7.70. The van der Waals surface area contributed by atoms with Gasteiger partial charge in [0.05, 0.1) is 23.2 Å². The van der Waals surface area contributed by atoms with E-state index >= 15 is 0 Å². The van der Waals surface area contributed by atoms with Crippen molar-refractivity contribution in [3.8, 4) is 11.4 Å². The molecule has 2 aromatic carbocycles. The number of carbonyl (C=O) groups excluding carboxylic acids is 2. The van der Waals surface area contributed by atoms with E-state index in [-0.39, 0.29) is 30.5 Å². The number of likely N-dealkylation sites (tertiary alicyclic amines) is 1. The van der Waals surface area contributed by atoms with Gasteiger partial charge < -0.3 is 14.5 Å². The highest BCUT2D eigenvalue weighted by molar-refractivity contribution is 5.96. The number of para-hydroxylation sites is 1. The zero-order valence-electron chi connectivity index (χ0n) is 23.5. The van der Waals surface area contributed by atoms with Crippen LogP contribution in [-0.2, 0) is 4.79 Å². The molecular weight excluding hydrogens is 504 g/mol. The highest BCUT2D eigenvalue weighted by Gasteiger charge is 2.29. The molecule has 2 saturated heterocycles. The van der Waals surface area contributed by atoms with Crippen molar-refractivity contribution < 1.29 is 14.3 Å². The van der Waals surface area contributed by atoms with Gasteiger partial charge in [0.25, 0.3) is 11.8 Å². The summed E-state index contributed by atoms with van der Waals surface area (Å²) in [4.78, 5) is 29.8. The van der Waals surface area contributed by atoms with Crippen molar-refractivity contribution in [2.24, 2.45) is 5.10 Å². The molecule has 3 heterocycles. The van der Waals surface area contributed by atoms with Crippen LogP contribution in [-0.4, -0.2) is 64.5 Å². The number of anilines is 1. The summed E-state index contributed by atoms with van der Waals surface area (Å²) >= 11 is 0. The lowest BCUT2D eigenvalue weighted by atomic mass is 9.97. The average Bonchev–Trinajstić information content (AvgIpc) is 3.60. The van der Waals surface area contributed by atoms with Crippen molar-refractivity contribution in [2.75, 3.05) is 24.6 Å². The molecule has 1 aromatic heterocycles. The molecule has 5 rings (SSSR count). The molecule has 0 radical (unpaired) electrons. The Morgan fingerprint density at radius 3 is 2.35 bits per heavy atom. The van der Waals surface area contributed by atoms with Crippen molar-refractivity contribution >= 4 is 23.8 Å². The highest BCUT2D eigenvalue weighted by Crippen LogP contribution is 2.29. The summed E-state index contributed by atoms with van der Waals surface area (Å²) in [7, 11) is 0. The number of nitrogens with zero attached hydrogens (tertiary/aromatic N) is 5. The van der Waals surface area contributed by atoms with Crippen LogP contribution < -0.4 is 15.1 Å². The average molecular weight is 543 g/mol. The van der Waals surface area contributed by atoms with Crippen LogP contribution in [0.4, 0.5) is 5.82 Å². The first kappa shape index (κ1) is 27.4. The predicted octanol–water partition coefficient (Wildman–Crippen LogP) is 4.71. The second-order valence-corrected chi connectivity index (χ2v) is 10.7. The molecule has 0 spiro atoms. The number of nitrogens with one attached hydrogen (secondary N) is 1. The van der Waals surface area contributed by atoms with Crippen molar-refractivity contribution in [1.29, 1.82) is 0 Å². The van der Waals surface area contributed by atoms with Gasteiger partial charge in [-0.3, -0.25) is 9.59 Å². The van der Waals surface area contributed by atoms with Gasteiger partial charge in [-0.2, -0.15) is 10.2 Å². The van der Waals surface area contributed by atoms with E-state index in [9.17, 15) is 9.59 Å². The number of hydrogen-bond acceptors (Lipinski definition) is 6. The Kier molecular flexibility index (Phi) is 8.48. The molecule has 2 amide bonds. The van der Waals surface area contributed by atoms with Crippen LogP contribution in [0, 0.1) is 6.92 Å². The summed E-state index contributed by atoms with van der Waals surface area (Å²) in [6.07, 6.45) is 7.15. The molecule has 2 fully saturated rings. The van der Waals surface area contributed by atoms with Crippen LogP contribution >= 0.6 is 0 Å². The van der Waals surface area contributed by atoms with Crippen LogP contribution in [0.25, 0.3) is 5.69 Å². The number of benzene rings is 2. The highest BCUT2D eigenvalue weighted by atomic mass is 16.5. The molecule has 210 valence electrons. The molecular formula is C31H38N6O3. The predicted molar refractivity (Wildman–Crippen MR) is 156 cm³/mol. The zero-order valence-corrected chi connectivity index (χ0v) is 23.5. The monoisotopic (exact) mass is 542 g/mol. The van der Waals surface area contributed by atoms with Gasteiger partial charge in [-0.15, -0.1) is 0 Å². The third kappa shape index (κ3) is 6.03. The number of hydrogen-bond donors (Lipinski definition) is 1. The number of hydrazone groups is 1. The Morgan fingerprint density at radius 2 is 1.68 bits per heavy atom. The van der Waals surface area contributed by atoms with Gasteiger partial charge in [-0.25, -0.2) is 10.1 Å². The minimum atomic E-state index is -0.328. The van der Waals surface area contributed by atoms with Crippen molar-refractivity contribution in [3.05, 3.63) is 71.4 Å². The number of carbonyl (C=O) groups is 2. The fourth-order valence-electron chi connectivity index (χ4n) is 5.72. The summed E-state index contributed by atoms with van der Waals surface area (Å²) in [5.74, 6) is 1.20. The van der Waals surface area contributed by atoms with Crippen LogP contribution in [0.1, 0.15) is 67.6 Å². The molecule has 1 N–H and O–H groups in total. The maximum atomic E-state index is 12.8. The first-order chi connectivity index (χ1) is 19.4. The Labute approximate surface area is 235 Å². The lowest BCUT2D eigenvalue weighted by Gasteiger charge is -2.38. The van der Waals surface area contributed by atoms with E-state index in [4.69, 9.17) is 9.84 Å². The number of amides is 2. The molecule has 9 heteroatoms. The number of aryl methyl sites for hydroxylation is 1. The number of piperidine rings is 1. The smallest absolute Gasteiger partial charge is 0.271 e. The van der Waals surface area contributed by atoms with Crippen molar-refractivity contribution in [2.45, 2.75) is 65.0 Å². The summed E-state index contributed by atoms with van der Waals surface area (Å²) in [5, 5.41) is 9.07. The first-order valence-corrected chi connectivity index (χ1v) is 14.2. The van der Waals surface area contributed by atoms with E-state index in [1.54, 1.807) is 30.5 Å². The van der Waals surface area contributed by atoms with Gasteiger partial charge in [0.15, 0.2) is 6.61 Å². The normalized spacial score (nSPS) is 19.3. The van der Waals surface area contributed by atoms with Crippen LogP contribution in [0.2, 0.25) is 0 Å². The van der Waals surface area contributed by atoms with Crippen LogP contribution in [0.3, 0.4) is 0 Å². The maximum Gasteiger partial charge on any atom is 0.271 e. The summed E-state index contributed by atoms with van der Waals surface area (Å²) in [6, 6.07) is 17.3. The fourth-order valence-corrected chi connectivity index (χ4v) is 5.72. The third-order valence-electron chi connectivity index (χ3n) is 7.81. The molecule has 9 nitrogen and oxygen atoms in total. The van der Waals surface area contributed by atoms with Gasteiger partial charge in [0.2, 0.25) is 0 Å². The Morgan fingerprint density at radius 1 is 1.00 bits per heavy atom. The molecule has 0 saturated carbocycles. The molecule has 40 heavy (non-hydrogen) atoms. The Bertz CT molecular complexity index is 1340. The van der Waals surface area contributed by atoms with Gasteiger partial charge in [0, 0.05) is 30.7 Å². The second-order valence-electron chi connectivity index (χ2n) is 10.7. The molecule has 2 aliphatic heterocycles. The van der Waals surface area contributed by atoms with Crippen molar-refractivity contribution in [3.63, 3.8) is 0 Å². The lowest BCUT2D eigenvalue weighted by Crippen LogP contribution is -2.49. The standard InChI is InChI=1S/C31H38N6O3/c1-22-10-9-11-23(2)36(22)29(38)21-40-27-16-14-25(15-17-27)30(39)33-32-20-28-24(3)34-37(26-12-5-4-6-13-26)31(28)35-18-7-8-19-35/h4-6,12-17,20,22-23H,7-11,18-19,21H2,1-3H3,(H,33,39)/b32-20-/t22-,23-/m0/s1. The molecule has 0 unspecified atom stereocenters. The maximum absolute atomic E-state index is 12.8. The Balaban J connectivity index is 1.22. The lowest BCUT2D eigenvalue weighted by molar-refractivity contribution is -0.139.